The Hall–Kier alpha value is -1.18. The molecule has 16 heavy (non-hydrogen) atoms. The van der Waals surface area contributed by atoms with Gasteiger partial charge in [0, 0.05) is 44.0 Å². The topological polar surface area (TPSA) is 6.48 Å². The largest absolute Gasteiger partial charge is 0.378 e. The lowest BCUT2D eigenvalue weighted by atomic mass is 9.81. The highest BCUT2D eigenvalue weighted by molar-refractivity contribution is 5.68. The molecule has 1 aliphatic heterocycles. The van der Waals surface area contributed by atoms with Gasteiger partial charge in [-0.05, 0) is 30.7 Å². The molecular weight excluding hydrogens is 196 g/mol. The minimum Gasteiger partial charge on any atom is -0.378 e. The number of nitrogens with zero attached hydrogens (tertiary/aromatic N) is 2. The number of hydrogen-bond acceptors (Lipinski definition) is 2. The minimum absolute atomic E-state index is 0.232. The fourth-order valence-electron chi connectivity index (χ4n) is 2.54. The number of anilines is 2. The van der Waals surface area contributed by atoms with Gasteiger partial charge in [0.05, 0.1) is 0 Å². The van der Waals surface area contributed by atoms with Gasteiger partial charge in [0.15, 0.2) is 0 Å². The van der Waals surface area contributed by atoms with Crippen LogP contribution in [0, 0.1) is 0 Å². The molecule has 0 radical (unpaired) electrons. The van der Waals surface area contributed by atoms with Crippen molar-refractivity contribution >= 4 is 11.4 Å². The zero-order valence-electron chi connectivity index (χ0n) is 11.2. The molecule has 1 aromatic rings. The summed E-state index contributed by atoms with van der Waals surface area (Å²) in [5.74, 6) is 0. The van der Waals surface area contributed by atoms with Gasteiger partial charge in [-0.2, -0.15) is 0 Å². The molecule has 0 bridgehead atoms. The van der Waals surface area contributed by atoms with Crippen LogP contribution in [0.25, 0.3) is 0 Å². The standard InChI is InChI=1S/C14H22N2/c1-10-14(2,3)12-9-11(15(4)5)7-8-13(12)16(10)6/h7-10H,1-6H3. The highest BCUT2D eigenvalue weighted by Crippen LogP contribution is 2.45. The Morgan fingerprint density at radius 3 is 2.44 bits per heavy atom. The maximum atomic E-state index is 2.38. The van der Waals surface area contributed by atoms with Crippen LogP contribution in [0.15, 0.2) is 18.2 Å². The zero-order valence-corrected chi connectivity index (χ0v) is 11.2. The molecule has 88 valence electrons. The highest BCUT2D eigenvalue weighted by atomic mass is 15.2. The Balaban J connectivity index is 2.56. The average Bonchev–Trinajstić information content (AvgIpc) is 2.40. The predicted molar refractivity (Wildman–Crippen MR) is 71.7 cm³/mol. The monoisotopic (exact) mass is 218 g/mol. The van der Waals surface area contributed by atoms with Crippen molar-refractivity contribution in [3.63, 3.8) is 0 Å². The second-order valence-corrected chi connectivity index (χ2v) is 5.60. The normalized spacial score (nSPS) is 22.1. The summed E-state index contributed by atoms with van der Waals surface area (Å²) in [7, 11) is 6.38. The molecule has 0 amide bonds. The van der Waals surface area contributed by atoms with Crippen molar-refractivity contribution in [3.8, 4) is 0 Å². The molecule has 0 spiro atoms. The fraction of sp³-hybridized carbons (Fsp3) is 0.571. The van der Waals surface area contributed by atoms with Crippen molar-refractivity contribution in [1.82, 2.24) is 0 Å². The summed E-state index contributed by atoms with van der Waals surface area (Å²) in [5.41, 5.74) is 4.36. The molecule has 0 N–H and O–H groups in total. The first-order valence-electron chi connectivity index (χ1n) is 5.90. The minimum atomic E-state index is 0.232. The number of benzene rings is 1. The quantitative estimate of drug-likeness (QED) is 0.715. The molecule has 1 atom stereocenters. The second-order valence-electron chi connectivity index (χ2n) is 5.60. The highest BCUT2D eigenvalue weighted by Gasteiger charge is 2.40. The van der Waals surface area contributed by atoms with E-state index in [-0.39, 0.29) is 5.41 Å². The summed E-state index contributed by atoms with van der Waals surface area (Å²) in [4.78, 5) is 4.55. The van der Waals surface area contributed by atoms with Gasteiger partial charge in [0.25, 0.3) is 0 Å². The first-order valence-corrected chi connectivity index (χ1v) is 5.90. The van der Waals surface area contributed by atoms with E-state index >= 15 is 0 Å². The predicted octanol–water partition coefficient (Wildman–Crippen LogP) is 2.87. The summed E-state index contributed by atoms with van der Waals surface area (Å²) >= 11 is 0. The molecule has 0 saturated heterocycles. The van der Waals surface area contributed by atoms with Crippen LogP contribution >= 0.6 is 0 Å². The van der Waals surface area contributed by atoms with Crippen molar-refractivity contribution in [3.05, 3.63) is 23.8 Å². The molecule has 0 fully saturated rings. The molecule has 1 aromatic carbocycles. The van der Waals surface area contributed by atoms with Crippen molar-refractivity contribution in [2.24, 2.45) is 0 Å². The van der Waals surface area contributed by atoms with Crippen LogP contribution in [0.3, 0.4) is 0 Å². The fourth-order valence-corrected chi connectivity index (χ4v) is 2.54. The van der Waals surface area contributed by atoms with Crippen molar-refractivity contribution < 1.29 is 0 Å². The van der Waals surface area contributed by atoms with Gasteiger partial charge in [-0.1, -0.05) is 13.8 Å². The SMILES string of the molecule is CC1N(C)c2ccc(N(C)C)cc2C1(C)C. The summed E-state index contributed by atoms with van der Waals surface area (Å²) in [5, 5.41) is 0. The van der Waals surface area contributed by atoms with E-state index in [0.717, 1.165) is 0 Å². The van der Waals surface area contributed by atoms with Crippen molar-refractivity contribution in [1.29, 1.82) is 0 Å². The maximum absolute atomic E-state index is 2.38. The number of fused-ring (bicyclic) bond motifs is 1. The Morgan fingerprint density at radius 2 is 1.88 bits per heavy atom. The molecule has 2 rings (SSSR count). The molecule has 0 aliphatic carbocycles. The van der Waals surface area contributed by atoms with E-state index in [2.05, 4.69) is 69.9 Å². The lowest BCUT2D eigenvalue weighted by molar-refractivity contribution is 0.454. The Labute approximate surface area is 98.9 Å². The van der Waals surface area contributed by atoms with Gasteiger partial charge in [-0.15, -0.1) is 0 Å². The third-order valence-electron chi connectivity index (χ3n) is 4.20. The summed E-state index contributed by atoms with van der Waals surface area (Å²) in [6, 6.07) is 7.33. The third-order valence-corrected chi connectivity index (χ3v) is 4.20. The second kappa shape index (κ2) is 3.41. The maximum Gasteiger partial charge on any atom is 0.0406 e. The third kappa shape index (κ3) is 1.40. The first kappa shape index (κ1) is 11.3. The summed E-state index contributed by atoms with van der Waals surface area (Å²) in [6.07, 6.45) is 0. The van der Waals surface area contributed by atoms with Crippen LogP contribution in [0.2, 0.25) is 0 Å². The Bertz CT molecular complexity index is 407. The van der Waals surface area contributed by atoms with E-state index in [4.69, 9.17) is 0 Å². The van der Waals surface area contributed by atoms with E-state index in [9.17, 15) is 0 Å². The Kier molecular flexibility index (Phi) is 2.41. The molecule has 2 nitrogen and oxygen atoms in total. The van der Waals surface area contributed by atoms with Crippen LogP contribution < -0.4 is 9.80 Å². The van der Waals surface area contributed by atoms with E-state index in [1.807, 2.05) is 0 Å². The van der Waals surface area contributed by atoms with Crippen molar-refractivity contribution in [2.75, 3.05) is 30.9 Å². The van der Waals surface area contributed by atoms with Crippen LogP contribution in [0.1, 0.15) is 26.3 Å². The summed E-state index contributed by atoms with van der Waals surface area (Å²) in [6.45, 7) is 6.97. The lowest BCUT2D eigenvalue weighted by Gasteiger charge is -2.28. The van der Waals surface area contributed by atoms with Gasteiger partial charge in [0.2, 0.25) is 0 Å². The molecule has 2 heteroatoms. The van der Waals surface area contributed by atoms with E-state index in [0.29, 0.717) is 6.04 Å². The van der Waals surface area contributed by atoms with Gasteiger partial charge < -0.3 is 9.80 Å². The molecule has 1 unspecified atom stereocenters. The Morgan fingerprint density at radius 1 is 1.25 bits per heavy atom. The van der Waals surface area contributed by atoms with Crippen LogP contribution in [-0.4, -0.2) is 27.2 Å². The summed E-state index contributed by atoms with van der Waals surface area (Å²) < 4.78 is 0. The molecule has 1 heterocycles. The molecule has 1 aliphatic rings. The van der Waals surface area contributed by atoms with Gasteiger partial charge >= 0.3 is 0 Å². The number of hydrogen-bond donors (Lipinski definition) is 0. The van der Waals surface area contributed by atoms with E-state index in [1.54, 1.807) is 0 Å². The van der Waals surface area contributed by atoms with Crippen LogP contribution in [0.5, 0.6) is 0 Å². The number of rotatable bonds is 1. The number of likely N-dealkylation sites (N-methyl/N-ethyl adjacent to an activating group) is 1. The first-order chi connectivity index (χ1) is 7.35. The van der Waals surface area contributed by atoms with Gasteiger partial charge in [-0.25, -0.2) is 0 Å². The zero-order chi connectivity index (χ0) is 12.1. The van der Waals surface area contributed by atoms with Gasteiger partial charge in [-0.3, -0.25) is 0 Å². The van der Waals surface area contributed by atoms with Gasteiger partial charge in [0.1, 0.15) is 0 Å². The molecule has 0 saturated carbocycles. The van der Waals surface area contributed by atoms with E-state index < -0.39 is 0 Å². The molecular formula is C14H22N2. The lowest BCUT2D eigenvalue weighted by Crippen LogP contribution is -2.36. The van der Waals surface area contributed by atoms with Crippen molar-refractivity contribution in [2.45, 2.75) is 32.2 Å². The van der Waals surface area contributed by atoms with E-state index in [1.165, 1.54) is 16.9 Å². The molecule has 0 aromatic heterocycles. The smallest absolute Gasteiger partial charge is 0.0406 e. The van der Waals surface area contributed by atoms with Crippen LogP contribution in [-0.2, 0) is 5.41 Å². The van der Waals surface area contributed by atoms with Crippen LogP contribution in [0.4, 0.5) is 11.4 Å². The average molecular weight is 218 g/mol.